The van der Waals surface area contributed by atoms with Gasteiger partial charge < -0.3 is 4.90 Å². The number of hydrogen-bond donors (Lipinski definition) is 0. The van der Waals surface area contributed by atoms with Crippen LogP contribution in [0.15, 0.2) is 36.4 Å². The van der Waals surface area contributed by atoms with E-state index in [1.54, 1.807) is 13.0 Å². The largest absolute Gasteiger partial charge is 0.340 e. The quantitative estimate of drug-likeness (QED) is 0.847. The van der Waals surface area contributed by atoms with Gasteiger partial charge in [0.15, 0.2) is 0 Å². The van der Waals surface area contributed by atoms with Crippen LogP contribution in [0, 0.1) is 5.82 Å². The summed E-state index contributed by atoms with van der Waals surface area (Å²) >= 11 is 0. The molecule has 1 saturated heterocycles. The molecule has 110 valence electrons. The Hall–Kier alpha value is -1.94. The maximum absolute atomic E-state index is 13.2. The topological polar surface area (TPSA) is 23.6 Å². The molecule has 1 aliphatic heterocycles. The van der Waals surface area contributed by atoms with Gasteiger partial charge in [0.2, 0.25) is 5.91 Å². The Bertz CT molecular complexity index is 663. The minimum atomic E-state index is -0.199. The van der Waals surface area contributed by atoms with Gasteiger partial charge in [0.05, 0.1) is 0 Å². The fraction of sp³-hybridized carbons (Fsp3) is 0.353. The average molecular weight is 286 g/mol. The highest BCUT2D eigenvalue weighted by Crippen LogP contribution is 2.19. The summed E-state index contributed by atoms with van der Waals surface area (Å²) in [4.78, 5) is 15.6. The lowest BCUT2D eigenvalue weighted by molar-refractivity contribution is -0.130. The van der Waals surface area contributed by atoms with Crippen molar-refractivity contribution in [1.82, 2.24) is 9.80 Å². The number of carbonyl (C=O) groups excluding carboxylic acids is 1. The number of benzene rings is 2. The van der Waals surface area contributed by atoms with Crippen molar-refractivity contribution in [2.75, 3.05) is 26.2 Å². The minimum absolute atomic E-state index is 0.155. The highest BCUT2D eigenvalue weighted by atomic mass is 19.1. The summed E-state index contributed by atoms with van der Waals surface area (Å²) in [6.45, 7) is 5.90. The van der Waals surface area contributed by atoms with E-state index in [2.05, 4.69) is 17.0 Å². The molecule has 0 aromatic heterocycles. The van der Waals surface area contributed by atoms with Crippen LogP contribution in [0.4, 0.5) is 4.39 Å². The third-order valence-corrected chi connectivity index (χ3v) is 4.09. The SMILES string of the molecule is CC(=O)N1CCN(Cc2ccc3cc(F)ccc3c2)CC1. The standard InChI is InChI=1S/C17H19FN2O/c1-13(21)20-8-6-19(7-9-20)12-14-2-3-16-11-17(18)5-4-15(16)10-14/h2-5,10-11H,6-9,12H2,1H3. The van der Waals surface area contributed by atoms with Gasteiger partial charge >= 0.3 is 0 Å². The number of halogens is 1. The van der Waals surface area contributed by atoms with Crippen LogP contribution in [0.3, 0.4) is 0 Å². The van der Waals surface area contributed by atoms with Gasteiger partial charge in [0.25, 0.3) is 0 Å². The maximum atomic E-state index is 13.2. The van der Waals surface area contributed by atoms with Crippen LogP contribution < -0.4 is 0 Å². The summed E-state index contributed by atoms with van der Waals surface area (Å²) in [5, 5.41) is 2.00. The monoisotopic (exact) mass is 286 g/mol. The van der Waals surface area contributed by atoms with Crippen molar-refractivity contribution in [2.24, 2.45) is 0 Å². The number of fused-ring (bicyclic) bond motifs is 1. The maximum Gasteiger partial charge on any atom is 0.219 e. The second-order valence-electron chi connectivity index (χ2n) is 5.61. The van der Waals surface area contributed by atoms with Gasteiger partial charge in [-0.05, 0) is 34.5 Å². The second kappa shape index (κ2) is 5.82. The Morgan fingerprint density at radius 1 is 1.05 bits per heavy atom. The van der Waals surface area contributed by atoms with Crippen molar-refractivity contribution in [3.8, 4) is 0 Å². The molecule has 2 aromatic carbocycles. The molecule has 1 fully saturated rings. The van der Waals surface area contributed by atoms with Gasteiger partial charge in [-0.2, -0.15) is 0 Å². The molecule has 1 heterocycles. The van der Waals surface area contributed by atoms with E-state index in [9.17, 15) is 9.18 Å². The minimum Gasteiger partial charge on any atom is -0.340 e. The third kappa shape index (κ3) is 3.22. The van der Waals surface area contributed by atoms with Crippen molar-refractivity contribution in [1.29, 1.82) is 0 Å². The van der Waals surface area contributed by atoms with E-state index in [0.29, 0.717) is 0 Å². The van der Waals surface area contributed by atoms with Crippen LogP contribution in [-0.4, -0.2) is 41.9 Å². The summed E-state index contributed by atoms with van der Waals surface area (Å²) < 4.78 is 13.2. The molecule has 3 rings (SSSR count). The first-order valence-corrected chi connectivity index (χ1v) is 7.28. The summed E-state index contributed by atoms with van der Waals surface area (Å²) in [5.74, 6) is -0.0435. The predicted octanol–water partition coefficient (Wildman–Crippen LogP) is 2.64. The van der Waals surface area contributed by atoms with Crippen molar-refractivity contribution >= 4 is 16.7 Å². The molecule has 3 nitrogen and oxygen atoms in total. The summed E-state index contributed by atoms with van der Waals surface area (Å²) in [6.07, 6.45) is 0. The van der Waals surface area contributed by atoms with Crippen LogP contribution in [0.25, 0.3) is 10.8 Å². The number of hydrogen-bond acceptors (Lipinski definition) is 2. The number of amides is 1. The molecule has 2 aromatic rings. The van der Waals surface area contributed by atoms with Crippen LogP contribution in [0.1, 0.15) is 12.5 Å². The van der Waals surface area contributed by atoms with E-state index in [4.69, 9.17) is 0 Å². The molecule has 1 aliphatic rings. The fourth-order valence-corrected chi connectivity index (χ4v) is 2.84. The Morgan fingerprint density at radius 2 is 1.71 bits per heavy atom. The lowest BCUT2D eigenvalue weighted by Gasteiger charge is -2.34. The van der Waals surface area contributed by atoms with Gasteiger partial charge in [-0.25, -0.2) is 4.39 Å². The van der Waals surface area contributed by atoms with Crippen molar-refractivity contribution in [2.45, 2.75) is 13.5 Å². The first-order valence-electron chi connectivity index (χ1n) is 7.28. The molecule has 0 saturated carbocycles. The number of carbonyl (C=O) groups is 1. The molecular formula is C17H19FN2O. The summed E-state index contributed by atoms with van der Waals surface area (Å²) in [7, 11) is 0. The molecule has 1 amide bonds. The molecule has 0 unspecified atom stereocenters. The van der Waals surface area contributed by atoms with Crippen LogP contribution in [-0.2, 0) is 11.3 Å². The second-order valence-corrected chi connectivity index (χ2v) is 5.61. The molecule has 0 atom stereocenters. The van der Waals surface area contributed by atoms with E-state index in [-0.39, 0.29) is 11.7 Å². The summed E-state index contributed by atoms with van der Waals surface area (Å²) in [5.41, 5.74) is 1.23. The van der Waals surface area contributed by atoms with Crippen molar-refractivity contribution < 1.29 is 9.18 Å². The van der Waals surface area contributed by atoms with Gasteiger partial charge in [-0.3, -0.25) is 9.69 Å². The summed E-state index contributed by atoms with van der Waals surface area (Å²) in [6, 6.07) is 11.0. The Labute approximate surface area is 124 Å². The Morgan fingerprint density at radius 3 is 2.43 bits per heavy atom. The molecule has 4 heteroatoms. The van der Waals surface area contributed by atoms with E-state index >= 15 is 0 Å². The molecule has 21 heavy (non-hydrogen) atoms. The number of piperazine rings is 1. The van der Waals surface area contributed by atoms with E-state index in [1.165, 1.54) is 11.6 Å². The smallest absolute Gasteiger partial charge is 0.219 e. The number of rotatable bonds is 2. The van der Waals surface area contributed by atoms with Gasteiger partial charge in [-0.1, -0.05) is 18.2 Å². The lowest BCUT2D eigenvalue weighted by Crippen LogP contribution is -2.47. The van der Waals surface area contributed by atoms with Gasteiger partial charge in [0.1, 0.15) is 5.82 Å². The third-order valence-electron chi connectivity index (χ3n) is 4.09. The van der Waals surface area contributed by atoms with Crippen LogP contribution in [0.2, 0.25) is 0 Å². The highest BCUT2D eigenvalue weighted by Gasteiger charge is 2.18. The van der Waals surface area contributed by atoms with Crippen molar-refractivity contribution in [3.63, 3.8) is 0 Å². The van der Waals surface area contributed by atoms with E-state index < -0.39 is 0 Å². The lowest BCUT2D eigenvalue weighted by atomic mass is 10.1. The first-order chi connectivity index (χ1) is 10.1. The zero-order chi connectivity index (χ0) is 14.8. The molecule has 0 aliphatic carbocycles. The van der Waals surface area contributed by atoms with Crippen LogP contribution >= 0.6 is 0 Å². The average Bonchev–Trinajstić information content (AvgIpc) is 2.48. The van der Waals surface area contributed by atoms with E-state index in [0.717, 1.165) is 43.5 Å². The zero-order valence-electron chi connectivity index (χ0n) is 12.2. The van der Waals surface area contributed by atoms with Gasteiger partial charge in [-0.15, -0.1) is 0 Å². The highest BCUT2D eigenvalue weighted by molar-refractivity contribution is 5.83. The normalized spacial score (nSPS) is 16.4. The molecule has 0 radical (unpaired) electrons. The van der Waals surface area contributed by atoms with E-state index in [1.807, 2.05) is 17.0 Å². The zero-order valence-corrected chi connectivity index (χ0v) is 12.2. The fourth-order valence-electron chi connectivity index (χ4n) is 2.84. The molecular weight excluding hydrogens is 267 g/mol. The Kier molecular flexibility index (Phi) is 3.88. The molecule has 0 N–H and O–H groups in total. The Balaban J connectivity index is 1.68. The van der Waals surface area contributed by atoms with Crippen LogP contribution in [0.5, 0.6) is 0 Å². The molecule has 0 spiro atoms. The molecule has 0 bridgehead atoms. The van der Waals surface area contributed by atoms with Gasteiger partial charge in [0, 0.05) is 39.6 Å². The predicted molar refractivity (Wildman–Crippen MR) is 81.4 cm³/mol. The van der Waals surface area contributed by atoms with Crippen molar-refractivity contribution in [3.05, 3.63) is 47.8 Å². The first kappa shape index (κ1) is 14.0. The number of nitrogens with zero attached hydrogens (tertiary/aromatic N) is 2.